The topological polar surface area (TPSA) is 103 Å². The van der Waals surface area contributed by atoms with Gasteiger partial charge in [0.1, 0.15) is 0 Å². The van der Waals surface area contributed by atoms with Gasteiger partial charge in [-0.2, -0.15) is 11.0 Å². The number of carbonyl (C=O) groups excluding carboxylic acids is 1. The molecule has 0 aromatic rings. The van der Waals surface area contributed by atoms with Gasteiger partial charge in [0.15, 0.2) is 6.04 Å². The molecule has 1 saturated carbocycles. The maximum atomic E-state index is 10.9. The van der Waals surface area contributed by atoms with Crippen LogP contribution in [0.3, 0.4) is 0 Å². The van der Waals surface area contributed by atoms with Crippen molar-refractivity contribution in [1.29, 1.82) is 0 Å². The predicted molar refractivity (Wildman–Crippen MR) is 40.5 cm³/mol. The second-order valence-electron chi connectivity index (χ2n) is 2.86. The lowest BCUT2D eigenvalue weighted by atomic mass is 10.1. The Morgan fingerprint density at radius 3 is 2.75 bits per heavy atom. The van der Waals surface area contributed by atoms with Crippen LogP contribution in [0.1, 0.15) is 19.3 Å². The lowest BCUT2D eigenvalue weighted by molar-refractivity contribution is -0.146. The van der Waals surface area contributed by atoms with Crippen LogP contribution in [0.25, 0.3) is 0 Å². The van der Waals surface area contributed by atoms with E-state index in [9.17, 15) is 4.79 Å². The maximum absolute atomic E-state index is 10.9. The summed E-state index contributed by atoms with van der Waals surface area (Å²) in [4.78, 5) is 15.0. The van der Waals surface area contributed by atoms with Gasteiger partial charge in [-0.15, -0.1) is 0 Å². The van der Waals surface area contributed by atoms with E-state index in [0.717, 1.165) is 12.8 Å². The monoisotopic (exact) mass is 172 g/mol. The molecule has 0 radical (unpaired) electrons. The van der Waals surface area contributed by atoms with Gasteiger partial charge in [-0.3, -0.25) is 0 Å². The Morgan fingerprint density at radius 1 is 1.67 bits per heavy atom. The molecule has 68 valence electrons. The van der Waals surface area contributed by atoms with E-state index in [1.165, 1.54) is 0 Å². The molecule has 1 aliphatic rings. The number of nitrogens with two attached hydrogens (primary N) is 2. The van der Waals surface area contributed by atoms with Gasteiger partial charge in [0.25, 0.3) is 0 Å². The molecular formula is C6H12N4O2. The molecule has 1 aliphatic carbocycles. The highest BCUT2D eigenvalue weighted by Gasteiger charge is 2.30. The largest absolute Gasteiger partial charge is 0.372 e. The van der Waals surface area contributed by atoms with Crippen molar-refractivity contribution in [2.75, 3.05) is 0 Å². The van der Waals surface area contributed by atoms with Gasteiger partial charge in [-0.25, -0.2) is 4.79 Å². The van der Waals surface area contributed by atoms with Gasteiger partial charge in [-0.1, -0.05) is 18.1 Å². The zero-order valence-corrected chi connectivity index (χ0v) is 6.64. The zero-order valence-electron chi connectivity index (χ0n) is 6.64. The van der Waals surface area contributed by atoms with Crippen molar-refractivity contribution in [3.63, 3.8) is 0 Å². The first-order valence-corrected chi connectivity index (χ1v) is 3.78. The number of hydrogen-bond acceptors (Lipinski definition) is 5. The highest BCUT2D eigenvalue weighted by Crippen LogP contribution is 2.34. The zero-order chi connectivity index (χ0) is 8.97. The van der Waals surface area contributed by atoms with Crippen molar-refractivity contribution in [1.82, 2.24) is 0 Å². The number of carbonyl (C=O) groups is 1. The Bertz CT molecular complexity index is 190. The Balaban J connectivity index is 2.40. The average Bonchev–Trinajstić information content (AvgIpc) is 2.86. The minimum atomic E-state index is -0.618. The Hall–Kier alpha value is -1.17. The second-order valence-corrected chi connectivity index (χ2v) is 2.86. The molecule has 0 saturated heterocycles. The standard InChI is InChI=1S/C6H12N4O2/c7-10-9-5(6(11)12-8)3-4-1-2-4/h4-5H,1-3,8H2,(H2,7,9)/t5-/m0/s1. The molecule has 6 nitrogen and oxygen atoms in total. The summed E-state index contributed by atoms with van der Waals surface area (Å²) in [7, 11) is 0. The van der Waals surface area contributed by atoms with Gasteiger partial charge in [0, 0.05) is 0 Å². The summed E-state index contributed by atoms with van der Waals surface area (Å²) in [5.74, 6) is 9.52. The molecule has 0 aromatic heterocycles. The third-order valence-electron chi connectivity index (χ3n) is 1.85. The molecule has 0 unspecified atom stereocenters. The van der Waals surface area contributed by atoms with Crippen LogP contribution in [-0.4, -0.2) is 12.0 Å². The number of nitrogens with zero attached hydrogens (tertiary/aromatic N) is 2. The van der Waals surface area contributed by atoms with Crippen molar-refractivity contribution in [2.45, 2.75) is 25.3 Å². The average molecular weight is 172 g/mol. The van der Waals surface area contributed by atoms with Crippen molar-refractivity contribution in [2.24, 2.45) is 28.0 Å². The summed E-state index contributed by atoms with van der Waals surface area (Å²) in [5, 5.41) is 6.58. The number of rotatable bonds is 4. The minimum absolute atomic E-state index is 0.555. The molecule has 0 aromatic carbocycles. The van der Waals surface area contributed by atoms with E-state index in [1.807, 2.05) is 0 Å². The van der Waals surface area contributed by atoms with Crippen molar-refractivity contribution in [3.8, 4) is 0 Å². The fourth-order valence-electron chi connectivity index (χ4n) is 1.02. The van der Waals surface area contributed by atoms with Crippen LogP contribution >= 0.6 is 0 Å². The first kappa shape index (κ1) is 8.92. The van der Waals surface area contributed by atoms with Gasteiger partial charge in [-0.05, 0) is 12.3 Å². The fourth-order valence-corrected chi connectivity index (χ4v) is 1.02. The normalized spacial score (nSPS) is 19.4. The maximum Gasteiger partial charge on any atom is 0.351 e. The molecule has 6 heteroatoms. The Kier molecular flexibility index (Phi) is 2.98. The SMILES string of the molecule is NN=N[C@@H](CC1CC1)C(=O)ON. The van der Waals surface area contributed by atoms with Gasteiger partial charge in [0.2, 0.25) is 0 Å². The second kappa shape index (κ2) is 4.01. The molecule has 0 heterocycles. The van der Waals surface area contributed by atoms with E-state index in [4.69, 9.17) is 11.7 Å². The fraction of sp³-hybridized carbons (Fsp3) is 0.833. The van der Waals surface area contributed by atoms with E-state index < -0.39 is 12.0 Å². The summed E-state index contributed by atoms with van der Waals surface area (Å²) >= 11 is 0. The smallest absolute Gasteiger partial charge is 0.351 e. The summed E-state index contributed by atoms with van der Waals surface area (Å²) in [6, 6.07) is -0.618. The van der Waals surface area contributed by atoms with Crippen molar-refractivity contribution < 1.29 is 9.63 Å². The predicted octanol–water partition coefficient (Wildman–Crippen LogP) is -0.102. The molecule has 4 N–H and O–H groups in total. The van der Waals surface area contributed by atoms with Crippen molar-refractivity contribution >= 4 is 5.97 Å². The first-order valence-electron chi connectivity index (χ1n) is 3.78. The number of hydrogen-bond donors (Lipinski definition) is 2. The van der Waals surface area contributed by atoms with Crippen LogP contribution in [0.15, 0.2) is 10.3 Å². The van der Waals surface area contributed by atoms with Gasteiger partial charge in [0.05, 0.1) is 0 Å². The van der Waals surface area contributed by atoms with Crippen LogP contribution < -0.4 is 11.7 Å². The van der Waals surface area contributed by atoms with E-state index in [1.54, 1.807) is 0 Å². The minimum Gasteiger partial charge on any atom is -0.372 e. The van der Waals surface area contributed by atoms with Crippen LogP contribution in [0, 0.1) is 5.92 Å². The van der Waals surface area contributed by atoms with Crippen molar-refractivity contribution in [3.05, 3.63) is 0 Å². The quantitative estimate of drug-likeness (QED) is 0.351. The van der Waals surface area contributed by atoms with Gasteiger partial charge >= 0.3 is 5.97 Å². The lowest BCUT2D eigenvalue weighted by Gasteiger charge is -2.05. The molecule has 1 atom stereocenters. The van der Waals surface area contributed by atoms with Crippen LogP contribution in [-0.2, 0) is 9.63 Å². The molecule has 12 heavy (non-hydrogen) atoms. The van der Waals surface area contributed by atoms with Crippen LogP contribution in [0.4, 0.5) is 0 Å². The first-order chi connectivity index (χ1) is 5.77. The highest BCUT2D eigenvalue weighted by molar-refractivity contribution is 5.75. The van der Waals surface area contributed by atoms with E-state index in [2.05, 4.69) is 15.2 Å². The molecule has 1 fully saturated rings. The van der Waals surface area contributed by atoms with Gasteiger partial charge < -0.3 is 10.7 Å². The molecule has 0 aliphatic heterocycles. The Morgan fingerprint density at radius 2 is 2.33 bits per heavy atom. The molecule has 0 bridgehead atoms. The van der Waals surface area contributed by atoms with E-state index in [0.29, 0.717) is 12.3 Å². The molecule has 1 rings (SSSR count). The lowest BCUT2D eigenvalue weighted by Crippen LogP contribution is -2.24. The summed E-state index contributed by atoms with van der Waals surface area (Å²) in [5.41, 5.74) is 0. The summed E-state index contributed by atoms with van der Waals surface area (Å²) in [6.45, 7) is 0. The van der Waals surface area contributed by atoms with E-state index >= 15 is 0 Å². The summed E-state index contributed by atoms with van der Waals surface area (Å²) in [6.07, 6.45) is 2.90. The Labute approximate surface area is 69.9 Å². The third kappa shape index (κ3) is 2.46. The molecular weight excluding hydrogens is 160 g/mol. The van der Waals surface area contributed by atoms with Crippen LogP contribution in [0.5, 0.6) is 0 Å². The van der Waals surface area contributed by atoms with Crippen LogP contribution in [0.2, 0.25) is 0 Å². The molecule has 0 amide bonds. The third-order valence-corrected chi connectivity index (χ3v) is 1.85. The molecule has 0 spiro atoms. The highest BCUT2D eigenvalue weighted by atomic mass is 16.7. The van der Waals surface area contributed by atoms with E-state index in [-0.39, 0.29) is 0 Å². The summed E-state index contributed by atoms with van der Waals surface area (Å²) < 4.78 is 0.